The smallest absolute Gasteiger partial charge is 0.227 e. The molecule has 3 nitrogen and oxygen atoms in total. The van der Waals surface area contributed by atoms with E-state index in [0.29, 0.717) is 19.5 Å². The molecule has 1 unspecified atom stereocenters. The predicted octanol–water partition coefficient (Wildman–Crippen LogP) is 2.09. The summed E-state index contributed by atoms with van der Waals surface area (Å²) in [6.45, 7) is 3.20. The molecule has 0 saturated carbocycles. The van der Waals surface area contributed by atoms with Crippen molar-refractivity contribution in [3.63, 3.8) is 0 Å². The Hall–Kier alpha value is -1.42. The van der Waals surface area contributed by atoms with Crippen LogP contribution in [0.3, 0.4) is 0 Å². The summed E-state index contributed by atoms with van der Waals surface area (Å²) in [7, 11) is 0. The van der Waals surface area contributed by atoms with E-state index in [-0.39, 0.29) is 17.6 Å². The number of amides is 1. The van der Waals surface area contributed by atoms with Gasteiger partial charge in [0.25, 0.3) is 0 Å². The van der Waals surface area contributed by atoms with Crippen LogP contribution >= 0.6 is 0 Å². The molecule has 1 aromatic rings. The summed E-state index contributed by atoms with van der Waals surface area (Å²) in [5, 5.41) is 0. The third-order valence-electron chi connectivity index (χ3n) is 3.62. The van der Waals surface area contributed by atoms with Crippen molar-refractivity contribution in [3.05, 3.63) is 29.6 Å². The minimum absolute atomic E-state index is 0.0525. The van der Waals surface area contributed by atoms with E-state index in [0.717, 1.165) is 24.1 Å². The number of nitrogens with zero attached hydrogens (tertiary/aromatic N) is 1. The number of carbonyl (C=O) groups excluding carboxylic acids is 1. The third kappa shape index (κ3) is 2.53. The largest absolute Gasteiger partial charge is 0.330 e. The summed E-state index contributed by atoms with van der Waals surface area (Å²) in [5.41, 5.74) is 7.39. The highest BCUT2D eigenvalue weighted by Gasteiger charge is 2.26. The Morgan fingerprint density at radius 2 is 2.33 bits per heavy atom. The fourth-order valence-corrected chi connectivity index (χ4v) is 2.36. The molecule has 1 aromatic carbocycles. The molecule has 0 spiro atoms. The lowest BCUT2D eigenvalue weighted by Crippen LogP contribution is -2.32. The van der Waals surface area contributed by atoms with Gasteiger partial charge in [-0.15, -0.1) is 0 Å². The monoisotopic (exact) mass is 250 g/mol. The maximum Gasteiger partial charge on any atom is 0.227 e. The molecule has 0 fully saturated rings. The fraction of sp³-hybridized carbons (Fsp3) is 0.500. The van der Waals surface area contributed by atoms with Gasteiger partial charge in [-0.1, -0.05) is 19.4 Å². The van der Waals surface area contributed by atoms with E-state index >= 15 is 0 Å². The Morgan fingerprint density at radius 3 is 3.00 bits per heavy atom. The molecule has 0 radical (unpaired) electrons. The van der Waals surface area contributed by atoms with Crippen LogP contribution in [-0.4, -0.2) is 19.0 Å². The second-order valence-corrected chi connectivity index (χ2v) is 4.78. The van der Waals surface area contributed by atoms with E-state index < -0.39 is 0 Å². The molecule has 2 N–H and O–H groups in total. The zero-order valence-electron chi connectivity index (χ0n) is 10.7. The van der Waals surface area contributed by atoms with Gasteiger partial charge in [0, 0.05) is 18.7 Å². The Morgan fingerprint density at radius 1 is 1.56 bits per heavy atom. The van der Waals surface area contributed by atoms with Gasteiger partial charge >= 0.3 is 0 Å². The van der Waals surface area contributed by atoms with Crippen LogP contribution in [0, 0.1) is 11.7 Å². The van der Waals surface area contributed by atoms with Gasteiger partial charge in [0.15, 0.2) is 0 Å². The van der Waals surface area contributed by atoms with E-state index in [1.165, 1.54) is 12.1 Å². The van der Waals surface area contributed by atoms with Crippen molar-refractivity contribution in [2.45, 2.75) is 26.2 Å². The molecule has 4 heteroatoms. The first-order chi connectivity index (χ1) is 8.65. The van der Waals surface area contributed by atoms with E-state index in [2.05, 4.69) is 0 Å². The molecule has 1 atom stereocenters. The van der Waals surface area contributed by atoms with Crippen LogP contribution in [0.4, 0.5) is 10.1 Å². The van der Waals surface area contributed by atoms with Crippen molar-refractivity contribution in [3.8, 4) is 0 Å². The zero-order valence-corrected chi connectivity index (χ0v) is 10.7. The van der Waals surface area contributed by atoms with E-state index in [9.17, 15) is 9.18 Å². The molecule has 1 heterocycles. The van der Waals surface area contributed by atoms with Gasteiger partial charge < -0.3 is 10.6 Å². The number of benzene rings is 1. The van der Waals surface area contributed by atoms with Crippen LogP contribution in [0.1, 0.15) is 25.3 Å². The Bertz CT molecular complexity index is 443. The van der Waals surface area contributed by atoms with Crippen LogP contribution in [-0.2, 0) is 11.2 Å². The van der Waals surface area contributed by atoms with Crippen LogP contribution in [0.15, 0.2) is 18.2 Å². The number of halogens is 1. The Balaban J connectivity index is 2.13. The fourth-order valence-electron chi connectivity index (χ4n) is 2.36. The molecule has 0 aromatic heterocycles. The maximum atomic E-state index is 13.2. The average molecular weight is 250 g/mol. The summed E-state index contributed by atoms with van der Waals surface area (Å²) in [5.74, 6) is -0.0222. The van der Waals surface area contributed by atoms with Gasteiger partial charge in [-0.05, 0) is 36.6 Å². The Labute approximate surface area is 107 Å². The van der Waals surface area contributed by atoms with Gasteiger partial charge in [-0.25, -0.2) is 4.39 Å². The quantitative estimate of drug-likeness (QED) is 0.889. The van der Waals surface area contributed by atoms with Crippen molar-refractivity contribution < 1.29 is 9.18 Å². The molecule has 0 saturated heterocycles. The summed E-state index contributed by atoms with van der Waals surface area (Å²) >= 11 is 0. The van der Waals surface area contributed by atoms with Crippen molar-refractivity contribution >= 4 is 11.6 Å². The second-order valence-electron chi connectivity index (χ2n) is 4.78. The molecule has 1 aliphatic rings. The van der Waals surface area contributed by atoms with E-state index in [1.807, 2.05) is 6.92 Å². The molecular weight excluding hydrogens is 231 g/mol. The van der Waals surface area contributed by atoms with Crippen LogP contribution in [0.2, 0.25) is 0 Å². The van der Waals surface area contributed by atoms with Gasteiger partial charge in [0.1, 0.15) is 5.82 Å². The Kier molecular flexibility index (Phi) is 3.97. The number of rotatable bonds is 4. The molecule has 0 bridgehead atoms. The first-order valence-electron chi connectivity index (χ1n) is 6.44. The molecule has 1 amide bonds. The van der Waals surface area contributed by atoms with Gasteiger partial charge in [0.05, 0.1) is 0 Å². The van der Waals surface area contributed by atoms with Gasteiger partial charge in [-0.3, -0.25) is 4.79 Å². The van der Waals surface area contributed by atoms with Crippen LogP contribution < -0.4 is 10.6 Å². The lowest BCUT2D eigenvalue weighted by molar-refractivity contribution is -0.119. The number of nitrogens with two attached hydrogens (primary N) is 1. The summed E-state index contributed by atoms with van der Waals surface area (Å²) in [6, 6.07) is 4.66. The predicted molar refractivity (Wildman–Crippen MR) is 69.9 cm³/mol. The normalized spacial score (nSPS) is 15.6. The summed E-state index contributed by atoms with van der Waals surface area (Å²) in [4.78, 5) is 13.9. The van der Waals surface area contributed by atoms with Gasteiger partial charge in [0.2, 0.25) is 5.91 Å². The van der Waals surface area contributed by atoms with Crippen molar-refractivity contribution in [2.75, 3.05) is 18.0 Å². The average Bonchev–Trinajstić information content (AvgIpc) is 2.78. The summed E-state index contributed by atoms with van der Waals surface area (Å²) < 4.78 is 13.2. The van der Waals surface area contributed by atoms with Crippen molar-refractivity contribution in [1.82, 2.24) is 0 Å². The minimum atomic E-state index is -0.292. The van der Waals surface area contributed by atoms with Gasteiger partial charge in [-0.2, -0.15) is 0 Å². The molecule has 0 aliphatic carbocycles. The highest BCUT2D eigenvalue weighted by molar-refractivity contribution is 5.95. The highest BCUT2D eigenvalue weighted by atomic mass is 19.1. The lowest BCUT2D eigenvalue weighted by atomic mass is 10.0. The number of hydrogen-bond donors (Lipinski definition) is 1. The third-order valence-corrected chi connectivity index (χ3v) is 3.62. The molecule has 2 rings (SSSR count). The van der Waals surface area contributed by atoms with Crippen LogP contribution in [0.5, 0.6) is 0 Å². The topological polar surface area (TPSA) is 46.3 Å². The zero-order chi connectivity index (χ0) is 13.1. The maximum absolute atomic E-state index is 13.2. The second kappa shape index (κ2) is 5.48. The first kappa shape index (κ1) is 13.0. The van der Waals surface area contributed by atoms with Crippen LogP contribution in [0.25, 0.3) is 0 Å². The molecule has 98 valence electrons. The molecule has 18 heavy (non-hydrogen) atoms. The molecular formula is C14H19FN2O. The highest BCUT2D eigenvalue weighted by Crippen LogP contribution is 2.29. The number of anilines is 1. The SMILES string of the molecule is CCC(CN)CC(=O)N1CCc2ccc(F)cc21. The van der Waals surface area contributed by atoms with E-state index in [1.54, 1.807) is 11.0 Å². The van der Waals surface area contributed by atoms with E-state index in [4.69, 9.17) is 5.73 Å². The standard InChI is InChI=1S/C14H19FN2O/c1-2-10(9-16)7-14(18)17-6-5-11-3-4-12(15)8-13(11)17/h3-4,8,10H,2,5-7,9,16H2,1H3. The number of fused-ring (bicyclic) bond motifs is 1. The summed E-state index contributed by atoms with van der Waals surface area (Å²) in [6.07, 6.45) is 2.15. The first-order valence-corrected chi connectivity index (χ1v) is 6.44. The van der Waals surface area contributed by atoms with Crippen molar-refractivity contribution in [2.24, 2.45) is 11.7 Å². The van der Waals surface area contributed by atoms with Crippen molar-refractivity contribution in [1.29, 1.82) is 0 Å². The molecule has 1 aliphatic heterocycles. The lowest BCUT2D eigenvalue weighted by Gasteiger charge is -2.20. The number of hydrogen-bond acceptors (Lipinski definition) is 2. The minimum Gasteiger partial charge on any atom is -0.330 e. The number of carbonyl (C=O) groups is 1.